The summed E-state index contributed by atoms with van der Waals surface area (Å²) in [7, 11) is 0. The van der Waals surface area contributed by atoms with Crippen molar-refractivity contribution in [3.8, 4) is 0 Å². The number of aromatic nitrogens is 1. The van der Waals surface area contributed by atoms with Crippen LogP contribution >= 0.6 is 0 Å². The number of amides is 1. The summed E-state index contributed by atoms with van der Waals surface area (Å²) >= 11 is 0. The number of nitrogens with zero attached hydrogens (tertiary/aromatic N) is 2. The first-order valence-corrected chi connectivity index (χ1v) is 6.59. The van der Waals surface area contributed by atoms with Crippen molar-refractivity contribution < 1.29 is 4.79 Å². The molecule has 0 aromatic carbocycles. The van der Waals surface area contributed by atoms with Gasteiger partial charge in [-0.15, -0.1) is 0 Å². The monoisotopic (exact) mass is 262 g/mol. The molecule has 0 aliphatic carbocycles. The van der Waals surface area contributed by atoms with Gasteiger partial charge in [0.15, 0.2) is 0 Å². The number of carbonyl (C=O) groups is 1. The van der Waals surface area contributed by atoms with Crippen LogP contribution in [-0.2, 0) is 0 Å². The highest BCUT2D eigenvalue weighted by Gasteiger charge is 2.32. The van der Waals surface area contributed by atoms with Gasteiger partial charge in [-0.2, -0.15) is 0 Å². The lowest BCUT2D eigenvalue weighted by Gasteiger charge is -2.45. The molecule has 0 unspecified atom stereocenters. The first-order chi connectivity index (χ1) is 8.83. The van der Waals surface area contributed by atoms with Crippen LogP contribution in [-0.4, -0.2) is 36.1 Å². The van der Waals surface area contributed by atoms with Gasteiger partial charge < -0.3 is 16.0 Å². The Labute approximate surface area is 114 Å². The van der Waals surface area contributed by atoms with Crippen molar-refractivity contribution in [3.63, 3.8) is 0 Å². The quantitative estimate of drug-likeness (QED) is 0.833. The summed E-state index contributed by atoms with van der Waals surface area (Å²) in [5, 5.41) is 3.38. The smallest absolute Gasteiger partial charge is 0.252 e. The Bertz CT molecular complexity index is 510. The van der Waals surface area contributed by atoms with Crippen LogP contribution in [0.1, 0.15) is 35.6 Å². The molecule has 1 amide bonds. The van der Waals surface area contributed by atoms with E-state index in [1.54, 1.807) is 0 Å². The van der Waals surface area contributed by atoms with Crippen molar-refractivity contribution in [1.82, 2.24) is 10.3 Å². The minimum absolute atomic E-state index is 0.0529. The molecule has 2 heterocycles. The molecule has 1 aliphatic heterocycles. The number of piperazine rings is 1. The van der Waals surface area contributed by atoms with E-state index in [-0.39, 0.29) is 5.54 Å². The summed E-state index contributed by atoms with van der Waals surface area (Å²) in [4.78, 5) is 18.4. The number of hydrogen-bond donors (Lipinski definition) is 2. The van der Waals surface area contributed by atoms with Gasteiger partial charge in [-0.05, 0) is 33.8 Å². The fourth-order valence-corrected chi connectivity index (χ4v) is 2.76. The molecule has 1 aliphatic rings. The van der Waals surface area contributed by atoms with Crippen molar-refractivity contribution in [2.45, 2.75) is 33.2 Å². The van der Waals surface area contributed by atoms with Crippen LogP contribution in [0.15, 0.2) is 6.07 Å². The lowest BCUT2D eigenvalue weighted by molar-refractivity contribution is 0.0999. The maximum atomic E-state index is 11.7. The van der Waals surface area contributed by atoms with Crippen LogP contribution in [0.3, 0.4) is 0 Å². The SMILES string of the molecule is Cc1cc(N2CCNCC2(C)C)c(C(N)=O)c(C)n1. The van der Waals surface area contributed by atoms with E-state index >= 15 is 0 Å². The Balaban J connectivity index is 2.57. The van der Waals surface area contributed by atoms with Gasteiger partial charge in [0.25, 0.3) is 5.91 Å². The van der Waals surface area contributed by atoms with Gasteiger partial charge in [0.2, 0.25) is 0 Å². The molecule has 0 saturated carbocycles. The number of hydrogen-bond acceptors (Lipinski definition) is 4. The lowest BCUT2D eigenvalue weighted by Crippen LogP contribution is -2.58. The van der Waals surface area contributed by atoms with Gasteiger partial charge in [-0.1, -0.05) is 0 Å². The predicted molar refractivity (Wildman–Crippen MR) is 76.5 cm³/mol. The summed E-state index contributed by atoms with van der Waals surface area (Å²) in [6.45, 7) is 10.7. The Morgan fingerprint density at radius 3 is 2.74 bits per heavy atom. The average molecular weight is 262 g/mol. The van der Waals surface area contributed by atoms with Crippen LogP contribution in [0.2, 0.25) is 0 Å². The van der Waals surface area contributed by atoms with Crippen LogP contribution < -0.4 is 16.0 Å². The minimum atomic E-state index is -0.408. The molecular weight excluding hydrogens is 240 g/mol. The van der Waals surface area contributed by atoms with Gasteiger partial charge in [-0.25, -0.2) is 0 Å². The summed E-state index contributed by atoms with van der Waals surface area (Å²) in [5.74, 6) is -0.408. The van der Waals surface area contributed by atoms with Crippen LogP contribution in [0.4, 0.5) is 5.69 Å². The van der Waals surface area contributed by atoms with Crippen molar-refractivity contribution in [1.29, 1.82) is 0 Å². The first kappa shape index (κ1) is 13.8. The van der Waals surface area contributed by atoms with E-state index in [9.17, 15) is 4.79 Å². The highest BCUT2D eigenvalue weighted by Crippen LogP contribution is 2.30. The van der Waals surface area contributed by atoms with Crippen molar-refractivity contribution in [2.75, 3.05) is 24.5 Å². The zero-order valence-electron chi connectivity index (χ0n) is 12.1. The molecule has 1 aromatic heterocycles. The molecular formula is C14H22N4O. The van der Waals surface area contributed by atoms with Gasteiger partial charge in [-0.3, -0.25) is 9.78 Å². The number of anilines is 1. The second-order valence-corrected chi connectivity index (χ2v) is 5.75. The van der Waals surface area contributed by atoms with Gasteiger partial charge in [0.1, 0.15) is 0 Å². The second kappa shape index (κ2) is 4.81. The molecule has 104 valence electrons. The Kier molecular flexibility index (Phi) is 3.49. The van der Waals surface area contributed by atoms with E-state index in [0.717, 1.165) is 31.0 Å². The molecule has 5 nitrogen and oxygen atoms in total. The molecule has 0 radical (unpaired) electrons. The number of nitrogens with one attached hydrogen (secondary N) is 1. The lowest BCUT2D eigenvalue weighted by atomic mass is 9.97. The van der Waals surface area contributed by atoms with Crippen LogP contribution in [0.5, 0.6) is 0 Å². The van der Waals surface area contributed by atoms with E-state index in [2.05, 4.69) is 29.0 Å². The molecule has 5 heteroatoms. The van der Waals surface area contributed by atoms with Gasteiger partial charge in [0, 0.05) is 30.9 Å². The fraction of sp³-hybridized carbons (Fsp3) is 0.571. The highest BCUT2D eigenvalue weighted by molar-refractivity contribution is 6.00. The Hall–Kier alpha value is -1.62. The van der Waals surface area contributed by atoms with Crippen molar-refractivity contribution >= 4 is 11.6 Å². The molecule has 2 rings (SSSR count). The zero-order chi connectivity index (χ0) is 14.2. The molecule has 1 fully saturated rings. The number of rotatable bonds is 2. The molecule has 19 heavy (non-hydrogen) atoms. The normalized spacial score (nSPS) is 18.4. The molecule has 1 aromatic rings. The Morgan fingerprint density at radius 1 is 1.47 bits per heavy atom. The van der Waals surface area contributed by atoms with Gasteiger partial charge in [0.05, 0.1) is 16.9 Å². The molecule has 1 saturated heterocycles. The van der Waals surface area contributed by atoms with E-state index in [1.807, 2.05) is 19.9 Å². The Morgan fingerprint density at radius 2 is 2.16 bits per heavy atom. The largest absolute Gasteiger partial charge is 0.365 e. The zero-order valence-corrected chi connectivity index (χ0v) is 12.1. The number of carbonyl (C=O) groups excluding carboxylic acids is 1. The van der Waals surface area contributed by atoms with Gasteiger partial charge >= 0.3 is 0 Å². The third-order valence-corrected chi connectivity index (χ3v) is 3.65. The third-order valence-electron chi connectivity index (χ3n) is 3.65. The second-order valence-electron chi connectivity index (χ2n) is 5.75. The number of nitrogens with two attached hydrogens (primary N) is 1. The van der Waals surface area contributed by atoms with Crippen molar-refractivity contribution in [2.24, 2.45) is 5.73 Å². The van der Waals surface area contributed by atoms with E-state index in [4.69, 9.17) is 5.73 Å². The molecule has 0 bridgehead atoms. The highest BCUT2D eigenvalue weighted by atomic mass is 16.1. The van der Waals surface area contributed by atoms with E-state index in [0.29, 0.717) is 11.3 Å². The first-order valence-electron chi connectivity index (χ1n) is 6.59. The maximum Gasteiger partial charge on any atom is 0.252 e. The number of primary amides is 1. The molecule has 0 atom stereocenters. The van der Waals surface area contributed by atoms with E-state index < -0.39 is 5.91 Å². The summed E-state index contributed by atoms with van der Waals surface area (Å²) < 4.78 is 0. The van der Waals surface area contributed by atoms with Crippen LogP contribution in [0.25, 0.3) is 0 Å². The average Bonchev–Trinajstić information content (AvgIpc) is 2.26. The summed E-state index contributed by atoms with van der Waals surface area (Å²) in [6, 6.07) is 1.96. The molecule has 0 spiro atoms. The maximum absolute atomic E-state index is 11.7. The number of pyridine rings is 1. The van der Waals surface area contributed by atoms with Crippen LogP contribution in [0, 0.1) is 13.8 Å². The topological polar surface area (TPSA) is 71.2 Å². The minimum Gasteiger partial charge on any atom is -0.365 e. The predicted octanol–water partition coefficient (Wildman–Crippen LogP) is 0.986. The third kappa shape index (κ3) is 2.56. The summed E-state index contributed by atoms with van der Waals surface area (Å²) in [5.41, 5.74) is 8.55. The van der Waals surface area contributed by atoms with Crippen molar-refractivity contribution in [3.05, 3.63) is 23.0 Å². The summed E-state index contributed by atoms with van der Waals surface area (Å²) in [6.07, 6.45) is 0. The standard InChI is InChI=1S/C14H22N4O/c1-9-7-11(12(13(15)19)10(2)17-9)18-6-5-16-8-14(18,3)4/h7,16H,5-6,8H2,1-4H3,(H2,15,19). The fourth-order valence-electron chi connectivity index (χ4n) is 2.76. The molecule has 3 N–H and O–H groups in total. The van der Waals surface area contributed by atoms with E-state index in [1.165, 1.54) is 0 Å². The number of aryl methyl sites for hydroxylation is 2.